The fraction of sp³-hybridized carbons (Fsp3) is 0.500. The topological polar surface area (TPSA) is 66.6 Å². The molecular weight excluding hydrogens is 247 g/mol. The Hall–Kier alpha value is -1.62. The van der Waals surface area contributed by atoms with Crippen molar-refractivity contribution >= 4 is 11.6 Å². The highest BCUT2D eigenvalue weighted by atomic mass is 19.1. The zero-order valence-electron chi connectivity index (χ0n) is 11.2. The molecule has 1 amide bonds. The minimum Gasteiger partial charge on any atom is -0.398 e. The summed E-state index contributed by atoms with van der Waals surface area (Å²) in [5.41, 5.74) is 6.60. The zero-order valence-corrected chi connectivity index (χ0v) is 11.2. The molecule has 104 valence electrons. The molecule has 0 saturated carbocycles. The lowest BCUT2D eigenvalue weighted by Crippen LogP contribution is -2.30. The highest BCUT2D eigenvalue weighted by Gasteiger charge is 2.29. The third-order valence-corrected chi connectivity index (χ3v) is 3.83. The second-order valence-electron chi connectivity index (χ2n) is 5.21. The maximum Gasteiger partial charge on any atom is 0.254 e. The molecule has 3 N–H and O–H groups in total. The summed E-state index contributed by atoms with van der Waals surface area (Å²) >= 11 is 0. The first kappa shape index (κ1) is 13.8. The van der Waals surface area contributed by atoms with E-state index in [0.29, 0.717) is 18.7 Å². The molecule has 4 nitrogen and oxygen atoms in total. The number of carbonyl (C=O) groups is 1. The van der Waals surface area contributed by atoms with E-state index in [2.05, 4.69) is 0 Å². The van der Waals surface area contributed by atoms with Crippen LogP contribution in [-0.4, -0.2) is 35.1 Å². The van der Waals surface area contributed by atoms with E-state index in [1.165, 1.54) is 12.1 Å². The van der Waals surface area contributed by atoms with Gasteiger partial charge in [0.2, 0.25) is 0 Å². The molecular formula is C14H19FN2O2. The molecule has 0 spiro atoms. The Kier molecular flexibility index (Phi) is 3.75. The van der Waals surface area contributed by atoms with Crippen LogP contribution in [0.2, 0.25) is 0 Å². The number of aliphatic hydroxyl groups is 1. The van der Waals surface area contributed by atoms with Gasteiger partial charge in [0.1, 0.15) is 5.82 Å². The standard InChI is InChI=1S/C14H19FN2O2/c1-8-12(15)5-11(6-13(8)16)14(19)17-4-3-10(7-17)9(2)18/h5-6,9-10,18H,3-4,7,16H2,1-2H3. The van der Waals surface area contributed by atoms with Gasteiger partial charge in [-0.05, 0) is 32.4 Å². The quantitative estimate of drug-likeness (QED) is 0.798. The van der Waals surface area contributed by atoms with Crippen LogP contribution < -0.4 is 5.73 Å². The van der Waals surface area contributed by atoms with E-state index in [4.69, 9.17) is 5.73 Å². The molecule has 1 saturated heterocycles. The molecule has 1 aromatic rings. The predicted octanol–water partition coefficient (Wildman–Crippen LogP) is 1.56. The average Bonchev–Trinajstić information content (AvgIpc) is 2.84. The van der Waals surface area contributed by atoms with Gasteiger partial charge in [0.25, 0.3) is 5.91 Å². The molecule has 1 aliphatic heterocycles. The number of hydrogen-bond acceptors (Lipinski definition) is 3. The van der Waals surface area contributed by atoms with E-state index in [1.807, 2.05) is 0 Å². The molecule has 0 aliphatic carbocycles. The number of amides is 1. The van der Waals surface area contributed by atoms with Crippen molar-refractivity contribution in [2.45, 2.75) is 26.4 Å². The van der Waals surface area contributed by atoms with Crippen LogP contribution in [0.25, 0.3) is 0 Å². The van der Waals surface area contributed by atoms with Gasteiger partial charge in [-0.15, -0.1) is 0 Å². The number of anilines is 1. The highest BCUT2D eigenvalue weighted by molar-refractivity contribution is 5.95. The Balaban J connectivity index is 2.17. The molecule has 1 aromatic carbocycles. The molecule has 1 heterocycles. The van der Waals surface area contributed by atoms with Crippen LogP contribution in [0.15, 0.2) is 12.1 Å². The van der Waals surface area contributed by atoms with Crippen molar-refractivity contribution in [2.75, 3.05) is 18.8 Å². The van der Waals surface area contributed by atoms with Crippen molar-refractivity contribution in [3.05, 3.63) is 29.1 Å². The lowest BCUT2D eigenvalue weighted by Gasteiger charge is -2.18. The minimum absolute atomic E-state index is 0.0941. The van der Waals surface area contributed by atoms with Crippen molar-refractivity contribution in [1.29, 1.82) is 0 Å². The molecule has 2 rings (SSSR count). The van der Waals surface area contributed by atoms with E-state index in [9.17, 15) is 14.3 Å². The van der Waals surface area contributed by atoms with E-state index in [0.717, 1.165) is 6.42 Å². The first-order valence-corrected chi connectivity index (χ1v) is 6.43. The number of carbonyl (C=O) groups excluding carboxylic acids is 1. The second-order valence-corrected chi connectivity index (χ2v) is 5.21. The van der Waals surface area contributed by atoms with Crippen molar-refractivity contribution < 1.29 is 14.3 Å². The minimum atomic E-state index is -0.463. The van der Waals surface area contributed by atoms with Gasteiger partial charge in [0.15, 0.2) is 0 Å². The number of nitrogens with two attached hydrogens (primary N) is 1. The smallest absolute Gasteiger partial charge is 0.254 e. The Labute approximate surface area is 112 Å². The summed E-state index contributed by atoms with van der Waals surface area (Å²) < 4.78 is 13.6. The van der Waals surface area contributed by atoms with Crippen LogP contribution >= 0.6 is 0 Å². The van der Waals surface area contributed by atoms with Crippen LogP contribution in [0.5, 0.6) is 0 Å². The summed E-state index contributed by atoms with van der Waals surface area (Å²) in [6.45, 7) is 4.40. The molecule has 5 heteroatoms. The summed E-state index contributed by atoms with van der Waals surface area (Å²) in [5.74, 6) is -0.597. The maximum absolute atomic E-state index is 13.6. The fourth-order valence-corrected chi connectivity index (χ4v) is 2.37. The van der Waals surface area contributed by atoms with Crippen LogP contribution in [-0.2, 0) is 0 Å². The molecule has 1 fully saturated rings. The largest absolute Gasteiger partial charge is 0.398 e. The number of halogens is 1. The molecule has 19 heavy (non-hydrogen) atoms. The van der Waals surface area contributed by atoms with Crippen molar-refractivity contribution in [3.63, 3.8) is 0 Å². The predicted molar refractivity (Wildman–Crippen MR) is 71.2 cm³/mol. The van der Waals surface area contributed by atoms with Gasteiger partial charge in [0, 0.05) is 35.8 Å². The molecule has 1 aliphatic rings. The first-order chi connectivity index (χ1) is 8.90. The normalized spacial score (nSPS) is 20.6. The summed E-state index contributed by atoms with van der Waals surface area (Å²) in [6, 6.07) is 2.74. The summed E-state index contributed by atoms with van der Waals surface area (Å²) in [6.07, 6.45) is 0.338. The van der Waals surface area contributed by atoms with Crippen molar-refractivity contribution in [1.82, 2.24) is 4.90 Å². The molecule has 0 bridgehead atoms. The molecule has 0 radical (unpaired) electrons. The number of likely N-dealkylation sites (tertiary alicyclic amines) is 1. The monoisotopic (exact) mass is 266 g/mol. The third-order valence-electron chi connectivity index (χ3n) is 3.83. The van der Waals surface area contributed by atoms with E-state index >= 15 is 0 Å². The van der Waals surface area contributed by atoms with E-state index in [-0.39, 0.29) is 23.1 Å². The number of hydrogen-bond donors (Lipinski definition) is 2. The van der Waals surface area contributed by atoms with Crippen molar-refractivity contribution in [3.8, 4) is 0 Å². The summed E-state index contributed by atoms with van der Waals surface area (Å²) in [5, 5.41) is 9.53. The van der Waals surface area contributed by atoms with E-state index in [1.54, 1.807) is 18.7 Å². The van der Waals surface area contributed by atoms with E-state index < -0.39 is 11.9 Å². The number of nitrogen functional groups attached to an aromatic ring is 1. The van der Waals surface area contributed by atoms with Gasteiger partial charge in [-0.3, -0.25) is 4.79 Å². The van der Waals surface area contributed by atoms with Gasteiger partial charge in [-0.2, -0.15) is 0 Å². The summed E-state index contributed by atoms with van der Waals surface area (Å²) in [7, 11) is 0. The number of nitrogens with zero attached hydrogens (tertiary/aromatic N) is 1. The van der Waals surface area contributed by atoms with Gasteiger partial charge in [-0.25, -0.2) is 4.39 Å². The SMILES string of the molecule is Cc1c(N)cc(C(=O)N2CCC(C(C)O)C2)cc1F. The van der Waals surface area contributed by atoms with Crippen LogP contribution in [0, 0.1) is 18.7 Å². The van der Waals surface area contributed by atoms with Crippen LogP contribution in [0.3, 0.4) is 0 Å². The second kappa shape index (κ2) is 5.17. The Bertz CT molecular complexity index is 479. The molecule has 2 atom stereocenters. The Morgan fingerprint density at radius 1 is 1.58 bits per heavy atom. The zero-order chi connectivity index (χ0) is 14.2. The maximum atomic E-state index is 13.6. The van der Waals surface area contributed by atoms with Gasteiger partial charge in [0.05, 0.1) is 6.10 Å². The van der Waals surface area contributed by atoms with Crippen molar-refractivity contribution in [2.24, 2.45) is 5.92 Å². The first-order valence-electron chi connectivity index (χ1n) is 6.43. The highest BCUT2D eigenvalue weighted by Crippen LogP contribution is 2.24. The Morgan fingerprint density at radius 3 is 2.79 bits per heavy atom. The third kappa shape index (κ3) is 2.71. The molecule has 2 unspecified atom stereocenters. The lowest BCUT2D eigenvalue weighted by molar-refractivity contribution is 0.0762. The average molecular weight is 266 g/mol. The van der Waals surface area contributed by atoms with Gasteiger partial charge < -0.3 is 15.7 Å². The number of rotatable bonds is 2. The van der Waals surface area contributed by atoms with Crippen LogP contribution in [0.1, 0.15) is 29.3 Å². The Morgan fingerprint density at radius 2 is 2.26 bits per heavy atom. The fourth-order valence-electron chi connectivity index (χ4n) is 2.37. The lowest BCUT2D eigenvalue weighted by atomic mass is 10.0. The number of aliphatic hydroxyl groups excluding tert-OH is 1. The van der Waals surface area contributed by atoms with Gasteiger partial charge in [-0.1, -0.05) is 0 Å². The van der Waals surface area contributed by atoms with Crippen LogP contribution in [0.4, 0.5) is 10.1 Å². The van der Waals surface area contributed by atoms with Gasteiger partial charge >= 0.3 is 0 Å². The number of benzene rings is 1. The molecule has 0 aromatic heterocycles. The summed E-state index contributed by atoms with van der Waals surface area (Å²) in [4.78, 5) is 13.9.